The third-order valence-corrected chi connectivity index (χ3v) is 4.43. The fraction of sp³-hybridized carbons (Fsp3) is 0.429. The number of carbonyl (C=O) groups is 1. The van der Waals surface area contributed by atoms with Crippen molar-refractivity contribution >= 4 is 38.8 Å². The summed E-state index contributed by atoms with van der Waals surface area (Å²) in [5.41, 5.74) is 6.99. The van der Waals surface area contributed by atoms with Gasteiger partial charge in [-0.15, -0.1) is 0 Å². The van der Waals surface area contributed by atoms with Crippen molar-refractivity contribution < 1.29 is 9.18 Å². The van der Waals surface area contributed by atoms with Gasteiger partial charge in [0.05, 0.1) is 15.5 Å². The standard InChI is InChI=1S/C14H16BrFN4O/c15-9-6-11-12(7-10(9)16)20(14(17)18-11)8-13(21)19-4-2-1-3-5-19/h6-7H,1-5,8H2,(H2,17,18). The van der Waals surface area contributed by atoms with Crippen LogP contribution >= 0.6 is 15.9 Å². The van der Waals surface area contributed by atoms with E-state index in [4.69, 9.17) is 5.73 Å². The molecule has 0 bridgehead atoms. The monoisotopic (exact) mass is 354 g/mol. The van der Waals surface area contributed by atoms with Crippen molar-refractivity contribution in [2.45, 2.75) is 25.8 Å². The first-order valence-corrected chi connectivity index (χ1v) is 7.74. The summed E-state index contributed by atoms with van der Waals surface area (Å²) in [7, 11) is 0. The number of rotatable bonds is 2. The van der Waals surface area contributed by atoms with Gasteiger partial charge in [0.15, 0.2) is 0 Å². The van der Waals surface area contributed by atoms with Gasteiger partial charge in [0.25, 0.3) is 0 Å². The lowest BCUT2D eigenvalue weighted by Gasteiger charge is -2.27. The maximum absolute atomic E-state index is 13.7. The van der Waals surface area contributed by atoms with Gasteiger partial charge in [-0.25, -0.2) is 9.37 Å². The average Bonchev–Trinajstić information content (AvgIpc) is 2.76. The maximum atomic E-state index is 13.7. The summed E-state index contributed by atoms with van der Waals surface area (Å²) in [6.07, 6.45) is 3.24. The topological polar surface area (TPSA) is 64.1 Å². The van der Waals surface area contributed by atoms with Crippen molar-refractivity contribution in [2.75, 3.05) is 18.8 Å². The number of likely N-dealkylation sites (tertiary alicyclic amines) is 1. The van der Waals surface area contributed by atoms with Crippen molar-refractivity contribution in [3.8, 4) is 0 Å². The number of hydrogen-bond acceptors (Lipinski definition) is 3. The number of benzene rings is 1. The van der Waals surface area contributed by atoms with Crippen LogP contribution in [0.5, 0.6) is 0 Å². The lowest BCUT2D eigenvalue weighted by molar-refractivity contribution is -0.132. The molecule has 2 aromatic rings. The fourth-order valence-electron chi connectivity index (χ4n) is 2.68. The first kappa shape index (κ1) is 14.3. The molecular weight excluding hydrogens is 339 g/mol. The van der Waals surface area contributed by atoms with E-state index < -0.39 is 5.82 Å². The summed E-state index contributed by atoms with van der Waals surface area (Å²) in [5, 5.41) is 0. The lowest BCUT2D eigenvalue weighted by atomic mass is 10.1. The van der Waals surface area contributed by atoms with E-state index >= 15 is 0 Å². The molecule has 0 atom stereocenters. The third kappa shape index (κ3) is 2.74. The predicted octanol–water partition coefficient (Wildman–Crippen LogP) is 2.53. The Hall–Kier alpha value is -1.63. The van der Waals surface area contributed by atoms with E-state index in [1.165, 1.54) is 12.5 Å². The zero-order valence-electron chi connectivity index (χ0n) is 11.5. The smallest absolute Gasteiger partial charge is 0.242 e. The van der Waals surface area contributed by atoms with Gasteiger partial charge < -0.3 is 15.2 Å². The van der Waals surface area contributed by atoms with Crippen LogP contribution in [0.25, 0.3) is 11.0 Å². The first-order valence-electron chi connectivity index (χ1n) is 6.95. The Labute approximate surface area is 130 Å². The number of halogens is 2. The summed E-state index contributed by atoms with van der Waals surface area (Å²) in [4.78, 5) is 18.4. The number of amides is 1. The highest BCUT2D eigenvalue weighted by molar-refractivity contribution is 9.10. The molecule has 0 spiro atoms. The molecule has 1 aromatic heterocycles. The number of anilines is 1. The minimum absolute atomic E-state index is 0.00373. The normalized spacial score (nSPS) is 15.6. The summed E-state index contributed by atoms with van der Waals surface area (Å²) < 4.78 is 15.6. The first-order chi connectivity index (χ1) is 10.1. The van der Waals surface area contributed by atoms with Crippen LogP contribution < -0.4 is 5.73 Å². The third-order valence-electron chi connectivity index (χ3n) is 3.82. The van der Waals surface area contributed by atoms with Crippen LogP contribution in [0.15, 0.2) is 16.6 Å². The number of nitrogens with zero attached hydrogens (tertiary/aromatic N) is 3. The second-order valence-corrected chi connectivity index (χ2v) is 6.11. The minimum Gasteiger partial charge on any atom is -0.369 e. The van der Waals surface area contributed by atoms with E-state index in [1.807, 2.05) is 4.90 Å². The lowest BCUT2D eigenvalue weighted by Crippen LogP contribution is -2.37. The van der Waals surface area contributed by atoms with Crippen LogP contribution in [-0.2, 0) is 11.3 Å². The molecule has 112 valence electrons. The summed E-state index contributed by atoms with van der Waals surface area (Å²) in [6.45, 7) is 1.67. The number of aromatic nitrogens is 2. The van der Waals surface area contributed by atoms with Crippen LogP contribution in [0.3, 0.4) is 0 Å². The Balaban J connectivity index is 1.91. The summed E-state index contributed by atoms with van der Waals surface area (Å²) >= 11 is 3.12. The number of hydrogen-bond donors (Lipinski definition) is 1. The minimum atomic E-state index is -0.394. The van der Waals surface area contributed by atoms with Gasteiger partial charge in [-0.1, -0.05) is 0 Å². The molecule has 1 saturated heterocycles. The van der Waals surface area contributed by atoms with Crippen LogP contribution in [0.2, 0.25) is 0 Å². The largest absolute Gasteiger partial charge is 0.369 e. The maximum Gasteiger partial charge on any atom is 0.242 e. The van der Waals surface area contributed by atoms with E-state index in [1.54, 1.807) is 10.6 Å². The van der Waals surface area contributed by atoms with E-state index in [9.17, 15) is 9.18 Å². The average molecular weight is 355 g/mol. The molecule has 2 N–H and O–H groups in total. The van der Waals surface area contributed by atoms with Crippen LogP contribution in [-0.4, -0.2) is 33.4 Å². The van der Waals surface area contributed by atoms with Gasteiger partial charge in [0.2, 0.25) is 11.9 Å². The molecule has 1 fully saturated rings. The van der Waals surface area contributed by atoms with Gasteiger partial charge in [-0.05, 0) is 41.3 Å². The van der Waals surface area contributed by atoms with Crippen molar-refractivity contribution in [3.05, 3.63) is 22.4 Å². The molecule has 1 aliphatic heterocycles. The molecule has 1 aromatic carbocycles. The van der Waals surface area contributed by atoms with Crippen LogP contribution in [0.1, 0.15) is 19.3 Å². The van der Waals surface area contributed by atoms with E-state index in [0.717, 1.165) is 25.9 Å². The Morgan fingerprint density at radius 3 is 2.76 bits per heavy atom. The van der Waals surface area contributed by atoms with Crippen LogP contribution in [0, 0.1) is 5.82 Å². The zero-order chi connectivity index (χ0) is 15.0. The van der Waals surface area contributed by atoms with Gasteiger partial charge >= 0.3 is 0 Å². The van der Waals surface area contributed by atoms with Crippen molar-refractivity contribution in [3.63, 3.8) is 0 Å². The van der Waals surface area contributed by atoms with Crippen molar-refractivity contribution in [2.24, 2.45) is 0 Å². The molecule has 1 aliphatic rings. The molecule has 1 amide bonds. The Kier molecular flexibility index (Phi) is 3.84. The van der Waals surface area contributed by atoms with Gasteiger partial charge in [0.1, 0.15) is 12.4 Å². The van der Waals surface area contributed by atoms with Crippen molar-refractivity contribution in [1.82, 2.24) is 14.5 Å². The molecule has 0 unspecified atom stereocenters. The van der Waals surface area contributed by atoms with E-state index in [-0.39, 0.29) is 18.4 Å². The number of piperidine rings is 1. The predicted molar refractivity (Wildman–Crippen MR) is 82.2 cm³/mol. The number of nitrogen functional groups attached to an aromatic ring is 1. The van der Waals surface area contributed by atoms with Crippen LogP contribution in [0.4, 0.5) is 10.3 Å². The highest BCUT2D eigenvalue weighted by Crippen LogP contribution is 2.25. The molecule has 0 saturated carbocycles. The molecule has 5 nitrogen and oxygen atoms in total. The van der Waals surface area contributed by atoms with E-state index in [2.05, 4.69) is 20.9 Å². The number of imidazole rings is 1. The summed E-state index contributed by atoms with van der Waals surface area (Å²) in [5.74, 6) is -0.161. The van der Waals surface area contributed by atoms with Gasteiger partial charge in [0, 0.05) is 19.2 Å². The molecule has 3 rings (SSSR count). The molecule has 2 heterocycles. The molecule has 21 heavy (non-hydrogen) atoms. The number of nitrogens with two attached hydrogens (primary N) is 1. The van der Waals surface area contributed by atoms with E-state index in [0.29, 0.717) is 15.5 Å². The molecule has 0 radical (unpaired) electrons. The highest BCUT2D eigenvalue weighted by Gasteiger charge is 2.19. The zero-order valence-corrected chi connectivity index (χ0v) is 13.1. The Morgan fingerprint density at radius 2 is 2.05 bits per heavy atom. The molecule has 0 aliphatic carbocycles. The summed E-state index contributed by atoms with van der Waals surface area (Å²) in [6, 6.07) is 2.93. The van der Waals surface area contributed by atoms with Gasteiger partial charge in [-0.3, -0.25) is 4.79 Å². The molecular formula is C14H16BrFN4O. The second kappa shape index (κ2) is 5.63. The Morgan fingerprint density at radius 1 is 1.33 bits per heavy atom. The Bertz CT molecular complexity index is 694. The number of carbonyl (C=O) groups excluding carboxylic acids is 1. The molecule has 7 heteroatoms. The highest BCUT2D eigenvalue weighted by atomic mass is 79.9. The van der Waals surface area contributed by atoms with Gasteiger partial charge in [-0.2, -0.15) is 0 Å². The second-order valence-electron chi connectivity index (χ2n) is 5.25. The quantitative estimate of drug-likeness (QED) is 0.901. The fourth-order valence-corrected chi connectivity index (χ4v) is 3.01. The van der Waals surface area contributed by atoms with Crippen molar-refractivity contribution in [1.29, 1.82) is 0 Å². The number of fused-ring (bicyclic) bond motifs is 1. The SMILES string of the molecule is Nc1nc2cc(Br)c(F)cc2n1CC(=O)N1CCCCC1.